The lowest BCUT2D eigenvalue weighted by atomic mass is 9.99. The molecule has 0 spiro atoms. The fourth-order valence-corrected chi connectivity index (χ4v) is 4.94. The van der Waals surface area contributed by atoms with Gasteiger partial charge in [-0.3, -0.25) is 19.3 Å². The Hall–Kier alpha value is -2.40. The Morgan fingerprint density at radius 1 is 0.646 bits per heavy atom. The van der Waals surface area contributed by atoms with Crippen LogP contribution in [0.2, 0.25) is 0 Å². The maximum Gasteiger partial charge on any atom is 0.234 e. The summed E-state index contributed by atoms with van der Waals surface area (Å²) in [6, 6.07) is 0. The quantitative estimate of drug-likeness (QED) is 0.0501. The number of nitrogens with one attached hydrogen (secondary N) is 3. The van der Waals surface area contributed by atoms with Crippen LogP contribution in [0, 0.1) is 0 Å². The molecule has 2 fully saturated rings. The first-order chi connectivity index (χ1) is 22.7. The molecule has 2 aliphatic rings. The zero-order valence-electron chi connectivity index (χ0n) is 27.3. The molecule has 0 bridgehead atoms. The molecular weight excluding hydrogens is 644 g/mol. The van der Waals surface area contributed by atoms with Crippen LogP contribution in [0.15, 0.2) is 0 Å². The number of aliphatic hydroxyl groups excluding tert-OH is 7. The third-order valence-corrected chi connectivity index (χ3v) is 7.70. The van der Waals surface area contributed by atoms with Crippen molar-refractivity contribution in [3.8, 4) is 0 Å². The second-order valence-corrected chi connectivity index (χ2v) is 11.8. The largest absolute Gasteiger partial charge is 0.394 e. The van der Waals surface area contributed by atoms with Gasteiger partial charge in [0.25, 0.3) is 0 Å². The summed E-state index contributed by atoms with van der Waals surface area (Å²) in [6.45, 7) is 1.27. The number of Topliss-reactive ketones (excluding diaryl/α,β-unsaturated/α-hetero) is 1. The molecule has 0 saturated carbocycles. The molecular formula is C29H52N4O15. The van der Waals surface area contributed by atoms with Crippen molar-refractivity contribution in [2.75, 3.05) is 59.1 Å². The Morgan fingerprint density at radius 3 is 1.62 bits per heavy atom. The molecule has 0 aliphatic carbocycles. The average molecular weight is 697 g/mol. The van der Waals surface area contributed by atoms with E-state index in [1.165, 1.54) is 18.7 Å². The van der Waals surface area contributed by atoms with Crippen LogP contribution in [-0.4, -0.2) is 185 Å². The van der Waals surface area contributed by atoms with Crippen LogP contribution in [0.4, 0.5) is 0 Å². The van der Waals surface area contributed by atoms with Crippen LogP contribution >= 0.6 is 0 Å². The van der Waals surface area contributed by atoms with Crippen LogP contribution < -0.4 is 16.0 Å². The Labute approximate surface area is 278 Å². The molecule has 19 heteroatoms. The average Bonchev–Trinajstić information content (AvgIpc) is 3.03. The number of amides is 3. The lowest BCUT2D eigenvalue weighted by Crippen LogP contribution is -2.59. The summed E-state index contributed by atoms with van der Waals surface area (Å²) in [4.78, 5) is 50.3. The van der Waals surface area contributed by atoms with Gasteiger partial charge in [0.15, 0.2) is 12.6 Å². The number of unbranched alkanes of at least 4 members (excludes halogenated alkanes) is 2. The smallest absolute Gasteiger partial charge is 0.234 e. The van der Waals surface area contributed by atoms with Gasteiger partial charge in [-0.05, 0) is 26.7 Å². The van der Waals surface area contributed by atoms with E-state index in [0.29, 0.717) is 25.8 Å². The van der Waals surface area contributed by atoms with E-state index in [1.54, 1.807) is 0 Å². The Kier molecular flexibility index (Phi) is 18.8. The molecule has 0 aromatic heterocycles. The van der Waals surface area contributed by atoms with Crippen molar-refractivity contribution in [2.24, 2.45) is 0 Å². The van der Waals surface area contributed by atoms with E-state index in [-0.39, 0.29) is 51.7 Å². The van der Waals surface area contributed by atoms with Gasteiger partial charge < -0.3 is 75.4 Å². The number of ketones is 1. The van der Waals surface area contributed by atoms with Crippen molar-refractivity contribution in [1.82, 2.24) is 20.9 Å². The number of hydrogen-bond acceptors (Lipinski definition) is 16. The van der Waals surface area contributed by atoms with E-state index < -0.39 is 85.7 Å². The Balaban J connectivity index is 1.82. The maximum absolute atomic E-state index is 12.7. The third-order valence-electron chi connectivity index (χ3n) is 7.70. The fourth-order valence-electron chi connectivity index (χ4n) is 4.94. The highest BCUT2D eigenvalue weighted by Crippen LogP contribution is 2.22. The molecule has 0 unspecified atom stereocenters. The highest BCUT2D eigenvalue weighted by Gasteiger charge is 2.44. The molecule has 10 atom stereocenters. The van der Waals surface area contributed by atoms with Gasteiger partial charge in [-0.15, -0.1) is 0 Å². The molecule has 0 aromatic carbocycles. The van der Waals surface area contributed by atoms with Gasteiger partial charge in [-0.25, -0.2) is 0 Å². The first kappa shape index (κ1) is 41.8. The lowest BCUT2D eigenvalue weighted by Gasteiger charge is -2.39. The second-order valence-electron chi connectivity index (χ2n) is 11.8. The maximum atomic E-state index is 12.7. The molecule has 0 radical (unpaired) electrons. The molecule has 2 saturated heterocycles. The third kappa shape index (κ3) is 14.2. The molecule has 278 valence electrons. The predicted molar refractivity (Wildman–Crippen MR) is 163 cm³/mol. The van der Waals surface area contributed by atoms with Gasteiger partial charge in [-0.2, -0.15) is 0 Å². The summed E-state index contributed by atoms with van der Waals surface area (Å²) in [7, 11) is 0. The van der Waals surface area contributed by atoms with E-state index >= 15 is 0 Å². The molecule has 2 aliphatic heterocycles. The van der Waals surface area contributed by atoms with Gasteiger partial charge in [0.2, 0.25) is 17.7 Å². The number of carbonyl (C=O) groups is 4. The van der Waals surface area contributed by atoms with Crippen molar-refractivity contribution in [3.05, 3.63) is 0 Å². The van der Waals surface area contributed by atoms with E-state index in [2.05, 4.69) is 16.0 Å². The number of hydrogen-bond donors (Lipinski definition) is 10. The van der Waals surface area contributed by atoms with Crippen molar-refractivity contribution >= 4 is 23.5 Å². The highest BCUT2D eigenvalue weighted by molar-refractivity contribution is 5.84. The minimum Gasteiger partial charge on any atom is -0.394 e. The highest BCUT2D eigenvalue weighted by atomic mass is 16.7. The first-order valence-corrected chi connectivity index (χ1v) is 16.0. The van der Waals surface area contributed by atoms with Gasteiger partial charge in [0, 0.05) is 26.1 Å². The van der Waals surface area contributed by atoms with Crippen LogP contribution in [0.5, 0.6) is 0 Å². The minimum atomic E-state index is -1.62. The zero-order chi connectivity index (χ0) is 35.8. The summed E-state index contributed by atoms with van der Waals surface area (Å²) in [5, 5.41) is 76.6. The summed E-state index contributed by atoms with van der Waals surface area (Å²) >= 11 is 0. The number of carbonyl (C=O) groups excluding carboxylic acids is 4. The van der Waals surface area contributed by atoms with Crippen LogP contribution in [0.25, 0.3) is 0 Å². The zero-order valence-corrected chi connectivity index (χ0v) is 27.3. The number of nitrogens with zero attached hydrogens (tertiary/aromatic N) is 1. The first-order valence-electron chi connectivity index (χ1n) is 16.0. The van der Waals surface area contributed by atoms with Gasteiger partial charge in [0.05, 0.1) is 45.6 Å². The number of ether oxygens (including phenoxy) is 4. The van der Waals surface area contributed by atoms with Gasteiger partial charge in [-0.1, -0.05) is 6.42 Å². The molecule has 10 N–H and O–H groups in total. The second kappa shape index (κ2) is 21.6. The van der Waals surface area contributed by atoms with E-state index in [1.807, 2.05) is 0 Å². The van der Waals surface area contributed by atoms with Gasteiger partial charge in [0.1, 0.15) is 48.5 Å². The molecule has 48 heavy (non-hydrogen) atoms. The van der Waals surface area contributed by atoms with Crippen LogP contribution in [0.1, 0.15) is 39.5 Å². The SMILES string of the molecule is CC(=O)CCCCCNC(=O)CN(CC(=O)NCCO[C@H]1O[C@H](CO)[C@@H](O)[C@H](O)[C@@H]1O)CC(=O)NCCO[C@@H]1O[C@@H](C)[C@@H](O)[C@@H](O)[C@@H]1O. The normalized spacial score (nSPS) is 30.5. The minimum absolute atomic E-state index is 0.0414. The summed E-state index contributed by atoms with van der Waals surface area (Å²) < 4.78 is 21.3. The van der Waals surface area contributed by atoms with E-state index in [9.17, 15) is 54.9 Å². The summed E-state index contributed by atoms with van der Waals surface area (Å²) in [5.41, 5.74) is 0. The molecule has 19 nitrogen and oxygen atoms in total. The number of aliphatic hydroxyl groups is 7. The van der Waals surface area contributed by atoms with E-state index in [4.69, 9.17) is 18.9 Å². The predicted octanol–water partition coefficient (Wildman–Crippen LogP) is -5.55. The fraction of sp³-hybridized carbons (Fsp3) is 0.862. The molecule has 0 aromatic rings. The van der Waals surface area contributed by atoms with Crippen molar-refractivity contribution in [2.45, 2.75) is 101 Å². The van der Waals surface area contributed by atoms with Crippen molar-refractivity contribution < 1.29 is 73.9 Å². The standard InChI is InChI=1S/C29H52N4O15/c1-16(35)6-4-3-5-7-30-19(36)12-33(13-20(37)31-8-10-45-28-26(43)24(41)22(39)17(2)47-28)14-21(38)32-9-11-46-29-27(44)25(42)23(40)18(15-34)48-29/h17-18,22-29,34,39-44H,3-15H2,1-2H3,(H,30,36)(H,31,37)(H,32,38)/t17-,18+,22+,23+,24+,25-,26-,27-,28+,29-/m0/s1. The summed E-state index contributed by atoms with van der Waals surface area (Å²) in [5.74, 6) is -1.47. The molecule has 3 amide bonds. The summed E-state index contributed by atoms with van der Waals surface area (Å²) in [6.07, 6.45) is -11.0. The monoisotopic (exact) mass is 696 g/mol. The number of rotatable bonds is 21. The van der Waals surface area contributed by atoms with Crippen molar-refractivity contribution in [1.29, 1.82) is 0 Å². The molecule has 2 heterocycles. The van der Waals surface area contributed by atoms with Crippen LogP contribution in [-0.2, 0) is 38.1 Å². The Bertz CT molecular complexity index is 1010. The Morgan fingerprint density at radius 2 is 1.12 bits per heavy atom. The van der Waals surface area contributed by atoms with E-state index in [0.717, 1.165) is 6.42 Å². The lowest BCUT2D eigenvalue weighted by molar-refractivity contribution is -0.300. The van der Waals surface area contributed by atoms with Crippen LogP contribution in [0.3, 0.4) is 0 Å². The topological polar surface area (TPSA) is 286 Å². The van der Waals surface area contributed by atoms with Crippen molar-refractivity contribution in [3.63, 3.8) is 0 Å². The molecule has 2 rings (SSSR count). The van der Waals surface area contributed by atoms with Gasteiger partial charge >= 0.3 is 0 Å².